The number of carbonyl (C=O) groups excluding carboxylic acids is 1. The SMILES string of the molecule is CC(N)c1nc(C(=O)N2CCC(C(=O)O)C2C)cs1. The maximum absolute atomic E-state index is 12.3. The van der Waals surface area contributed by atoms with Gasteiger partial charge in [0, 0.05) is 18.0 Å². The van der Waals surface area contributed by atoms with Gasteiger partial charge in [-0.05, 0) is 20.3 Å². The number of thiazole rings is 1. The molecule has 0 aromatic carbocycles. The summed E-state index contributed by atoms with van der Waals surface area (Å²) in [5.41, 5.74) is 6.07. The summed E-state index contributed by atoms with van der Waals surface area (Å²) in [5, 5.41) is 11.5. The maximum Gasteiger partial charge on any atom is 0.308 e. The number of nitrogens with zero attached hydrogens (tertiary/aromatic N) is 2. The van der Waals surface area contributed by atoms with Crippen LogP contribution >= 0.6 is 11.3 Å². The van der Waals surface area contributed by atoms with E-state index in [1.807, 2.05) is 6.92 Å². The van der Waals surface area contributed by atoms with Crippen molar-refractivity contribution in [1.29, 1.82) is 0 Å². The van der Waals surface area contributed by atoms with Crippen molar-refractivity contribution < 1.29 is 14.7 Å². The molecule has 3 unspecified atom stereocenters. The van der Waals surface area contributed by atoms with E-state index in [0.717, 1.165) is 0 Å². The predicted octanol–water partition coefficient (Wildman–Crippen LogP) is 1.10. The quantitative estimate of drug-likeness (QED) is 0.865. The van der Waals surface area contributed by atoms with Gasteiger partial charge in [-0.1, -0.05) is 0 Å². The highest BCUT2D eigenvalue weighted by molar-refractivity contribution is 7.09. The van der Waals surface area contributed by atoms with Crippen molar-refractivity contribution in [1.82, 2.24) is 9.88 Å². The van der Waals surface area contributed by atoms with Gasteiger partial charge in [-0.3, -0.25) is 9.59 Å². The summed E-state index contributed by atoms with van der Waals surface area (Å²) < 4.78 is 0. The molecule has 0 bridgehead atoms. The lowest BCUT2D eigenvalue weighted by Gasteiger charge is -2.22. The van der Waals surface area contributed by atoms with Crippen LogP contribution in [0.3, 0.4) is 0 Å². The van der Waals surface area contributed by atoms with Gasteiger partial charge in [0.05, 0.1) is 12.0 Å². The number of likely N-dealkylation sites (tertiary alicyclic amines) is 1. The second-order valence-corrected chi connectivity index (χ2v) is 5.72. The average Bonchev–Trinajstić information content (AvgIpc) is 2.94. The zero-order chi connectivity index (χ0) is 14.2. The van der Waals surface area contributed by atoms with Gasteiger partial charge in [0.15, 0.2) is 0 Å². The number of carboxylic acid groups (broad SMARTS) is 1. The highest BCUT2D eigenvalue weighted by atomic mass is 32.1. The fourth-order valence-corrected chi connectivity index (χ4v) is 3.05. The Morgan fingerprint density at radius 3 is 2.79 bits per heavy atom. The molecule has 1 saturated heterocycles. The van der Waals surface area contributed by atoms with Crippen molar-refractivity contribution in [2.75, 3.05) is 6.54 Å². The van der Waals surface area contributed by atoms with Gasteiger partial charge in [0.2, 0.25) is 0 Å². The Kier molecular flexibility index (Phi) is 3.86. The molecule has 6 nitrogen and oxygen atoms in total. The second kappa shape index (κ2) is 5.26. The lowest BCUT2D eigenvalue weighted by atomic mass is 10.0. The van der Waals surface area contributed by atoms with Crippen LogP contribution in [0.2, 0.25) is 0 Å². The first-order chi connectivity index (χ1) is 8.91. The minimum Gasteiger partial charge on any atom is -0.481 e. The third-order valence-electron chi connectivity index (χ3n) is 3.46. The van der Waals surface area contributed by atoms with Crippen LogP contribution in [0.25, 0.3) is 0 Å². The first kappa shape index (κ1) is 14.0. The van der Waals surface area contributed by atoms with Gasteiger partial charge in [-0.15, -0.1) is 11.3 Å². The van der Waals surface area contributed by atoms with Gasteiger partial charge in [-0.25, -0.2) is 4.98 Å². The first-order valence-electron chi connectivity index (χ1n) is 6.16. The third-order valence-corrected chi connectivity index (χ3v) is 4.51. The summed E-state index contributed by atoms with van der Waals surface area (Å²) in [4.78, 5) is 29.1. The van der Waals surface area contributed by atoms with Crippen molar-refractivity contribution in [3.05, 3.63) is 16.1 Å². The molecular formula is C12H17N3O3S. The third kappa shape index (κ3) is 2.62. The highest BCUT2D eigenvalue weighted by Crippen LogP contribution is 2.26. The Bertz CT molecular complexity index is 500. The summed E-state index contributed by atoms with van der Waals surface area (Å²) >= 11 is 1.35. The average molecular weight is 283 g/mol. The molecule has 1 fully saturated rings. The Labute approximate surface area is 115 Å². The minimum absolute atomic E-state index is 0.200. The van der Waals surface area contributed by atoms with Gasteiger partial charge in [0.1, 0.15) is 10.7 Å². The molecule has 0 spiro atoms. The van der Waals surface area contributed by atoms with Crippen LogP contribution in [-0.2, 0) is 4.79 Å². The number of aliphatic carboxylic acids is 1. The fraction of sp³-hybridized carbons (Fsp3) is 0.583. The molecule has 19 heavy (non-hydrogen) atoms. The van der Waals surface area contributed by atoms with E-state index in [4.69, 9.17) is 10.8 Å². The zero-order valence-corrected chi connectivity index (χ0v) is 11.7. The van der Waals surface area contributed by atoms with E-state index < -0.39 is 11.9 Å². The van der Waals surface area contributed by atoms with E-state index in [-0.39, 0.29) is 18.0 Å². The molecule has 1 aliphatic heterocycles. The second-order valence-electron chi connectivity index (χ2n) is 4.83. The summed E-state index contributed by atoms with van der Waals surface area (Å²) in [7, 11) is 0. The lowest BCUT2D eigenvalue weighted by Crippen LogP contribution is -2.37. The van der Waals surface area contributed by atoms with Crippen molar-refractivity contribution in [3.63, 3.8) is 0 Å². The van der Waals surface area contributed by atoms with Crippen molar-refractivity contribution in [2.24, 2.45) is 11.7 Å². The van der Waals surface area contributed by atoms with Gasteiger partial charge in [-0.2, -0.15) is 0 Å². The molecule has 0 radical (unpaired) electrons. The molecule has 1 amide bonds. The first-order valence-corrected chi connectivity index (χ1v) is 7.04. The maximum atomic E-state index is 12.3. The minimum atomic E-state index is -0.850. The smallest absolute Gasteiger partial charge is 0.308 e. The molecule has 1 aliphatic rings. The number of hydrogen-bond acceptors (Lipinski definition) is 5. The molecule has 3 N–H and O–H groups in total. The molecule has 1 aromatic heterocycles. The number of carbonyl (C=O) groups is 2. The van der Waals surface area contributed by atoms with E-state index in [2.05, 4.69) is 4.98 Å². The van der Waals surface area contributed by atoms with E-state index in [9.17, 15) is 9.59 Å². The van der Waals surface area contributed by atoms with Crippen LogP contribution in [-0.4, -0.2) is 39.5 Å². The number of rotatable bonds is 3. The Balaban J connectivity index is 2.14. The lowest BCUT2D eigenvalue weighted by molar-refractivity contribution is -0.142. The predicted molar refractivity (Wildman–Crippen MR) is 71.0 cm³/mol. The van der Waals surface area contributed by atoms with Gasteiger partial charge < -0.3 is 15.7 Å². The van der Waals surface area contributed by atoms with E-state index in [1.54, 1.807) is 17.2 Å². The molecule has 1 aromatic rings. The summed E-state index contributed by atoms with van der Waals surface area (Å²) in [6, 6.07) is -0.500. The van der Waals surface area contributed by atoms with E-state index >= 15 is 0 Å². The topological polar surface area (TPSA) is 96.5 Å². The Hall–Kier alpha value is -1.47. The van der Waals surface area contributed by atoms with Crippen LogP contribution in [0, 0.1) is 5.92 Å². The monoisotopic (exact) mass is 283 g/mol. The van der Waals surface area contributed by atoms with Crippen LogP contribution in [0.15, 0.2) is 5.38 Å². The van der Waals surface area contributed by atoms with Crippen molar-refractivity contribution >= 4 is 23.2 Å². The van der Waals surface area contributed by atoms with Crippen molar-refractivity contribution in [2.45, 2.75) is 32.4 Å². The zero-order valence-electron chi connectivity index (χ0n) is 10.9. The number of aromatic nitrogens is 1. The van der Waals surface area contributed by atoms with Crippen molar-refractivity contribution in [3.8, 4) is 0 Å². The normalized spacial score (nSPS) is 24.5. The van der Waals surface area contributed by atoms with Crippen LogP contribution in [0.5, 0.6) is 0 Å². The molecule has 3 atom stereocenters. The number of hydrogen-bond donors (Lipinski definition) is 2. The molecule has 0 saturated carbocycles. The van der Waals surface area contributed by atoms with Gasteiger partial charge in [0.25, 0.3) is 5.91 Å². The summed E-state index contributed by atoms with van der Waals surface area (Å²) in [6.45, 7) is 4.04. The van der Waals surface area contributed by atoms with E-state index in [0.29, 0.717) is 23.7 Å². The molecule has 0 aliphatic carbocycles. The van der Waals surface area contributed by atoms with Gasteiger partial charge >= 0.3 is 5.97 Å². The highest BCUT2D eigenvalue weighted by Gasteiger charge is 2.38. The molecular weight excluding hydrogens is 266 g/mol. The number of nitrogens with two attached hydrogens (primary N) is 1. The molecule has 2 rings (SSSR count). The molecule has 2 heterocycles. The molecule has 104 valence electrons. The van der Waals surface area contributed by atoms with Crippen LogP contribution in [0.1, 0.15) is 41.8 Å². The molecule has 7 heteroatoms. The number of amides is 1. The van der Waals surface area contributed by atoms with Crippen LogP contribution < -0.4 is 5.73 Å². The van der Waals surface area contributed by atoms with Crippen LogP contribution in [0.4, 0.5) is 0 Å². The fourth-order valence-electron chi connectivity index (χ4n) is 2.30. The standard InChI is InChI=1S/C12H17N3O3S/c1-6(13)10-14-9(5-19-10)11(16)15-4-3-8(7(15)2)12(17)18/h5-8H,3-4,13H2,1-2H3,(H,17,18). The Morgan fingerprint density at radius 2 is 2.32 bits per heavy atom. The Morgan fingerprint density at radius 1 is 1.63 bits per heavy atom. The number of carboxylic acids is 1. The summed E-state index contributed by atoms with van der Waals surface area (Å²) in [6.07, 6.45) is 0.493. The van der Waals surface area contributed by atoms with E-state index in [1.165, 1.54) is 11.3 Å². The largest absolute Gasteiger partial charge is 0.481 e. The summed E-state index contributed by atoms with van der Waals surface area (Å²) in [5.74, 6) is -1.55.